The van der Waals surface area contributed by atoms with E-state index in [2.05, 4.69) is 11.8 Å². The molecule has 0 radical (unpaired) electrons. The first-order chi connectivity index (χ1) is 18.5. The Balaban J connectivity index is 1.36. The number of carbonyl (C=O) groups excluding carboxylic acids is 1. The molecule has 1 amide bonds. The third-order valence-electron chi connectivity index (χ3n) is 8.31. The van der Waals surface area contributed by atoms with Gasteiger partial charge in [0.1, 0.15) is 11.4 Å². The predicted molar refractivity (Wildman–Crippen MR) is 152 cm³/mol. The molecule has 3 aliphatic heterocycles. The molecule has 4 aliphatic rings. The number of nitrogens with zero attached hydrogens (tertiary/aromatic N) is 3. The SMILES string of the molecule is CCC(Oc1cc(S(=O)(=O)N2CC3CCC(CC3)C2)cc2ccccc12)N1CCN(C(=O)OC(C)(C)C)CC1. The van der Waals surface area contributed by atoms with E-state index in [-0.39, 0.29) is 12.3 Å². The largest absolute Gasteiger partial charge is 0.474 e. The van der Waals surface area contributed by atoms with Crippen LogP contribution in [-0.2, 0) is 14.8 Å². The van der Waals surface area contributed by atoms with Crippen molar-refractivity contribution >= 4 is 26.9 Å². The molecule has 0 spiro atoms. The third kappa shape index (κ3) is 6.36. The van der Waals surface area contributed by atoms with Gasteiger partial charge < -0.3 is 14.4 Å². The Morgan fingerprint density at radius 3 is 2.18 bits per heavy atom. The molecule has 1 saturated carbocycles. The van der Waals surface area contributed by atoms with Gasteiger partial charge in [0, 0.05) is 50.7 Å². The molecule has 3 heterocycles. The second kappa shape index (κ2) is 11.3. The summed E-state index contributed by atoms with van der Waals surface area (Å²) in [5.41, 5.74) is -0.525. The Hall–Kier alpha value is -2.36. The van der Waals surface area contributed by atoms with Gasteiger partial charge in [-0.05, 0) is 76.2 Å². The molecule has 8 nitrogen and oxygen atoms in total. The number of amides is 1. The summed E-state index contributed by atoms with van der Waals surface area (Å²) in [6.45, 7) is 11.3. The molecule has 1 aliphatic carbocycles. The first-order valence-corrected chi connectivity index (χ1v) is 15.9. The highest BCUT2D eigenvalue weighted by molar-refractivity contribution is 7.89. The number of rotatable bonds is 6. The Labute approximate surface area is 233 Å². The van der Waals surface area contributed by atoms with Crippen LogP contribution in [0, 0.1) is 11.8 Å². The quantitative estimate of drug-likeness (QED) is 0.479. The van der Waals surface area contributed by atoms with Crippen LogP contribution in [0.5, 0.6) is 5.75 Å². The van der Waals surface area contributed by atoms with Crippen LogP contribution in [0.1, 0.15) is 59.8 Å². The molecule has 6 rings (SSSR count). The van der Waals surface area contributed by atoms with E-state index in [9.17, 15) is 13.2 Å². The zero-order valence-corrected chi connectivity index (χ0v) is 24.6. The summed E-state index contributed by atoms with van der Waals surface area (Å²) >= 11 is 0. The van der Waals surface area contributed by atoms with Gasteiger partial charge in [-0.3, -0.25) is 4.90 Å². The molecule has 3 saturated heterocycles. The Bertz CT molecular complexity index is 1260. The summed E-state index contributed by atoms with van der Waals surface area (Å²) in [5, 5.41) is 1.76. The van der Waals surface area contributed by atoms with Crippen LogP contribution < -0.4 is 4.74 Å². The molecule has 0 N–H and O–H groups in total. The van der Waals surface area contributed by atoms with E-state index < -0.39 is 15.6 Å². The van der Waals surface area contributed by atoms with Crippen LogP contribution >= 0.6 is 0 Å². The standard InChI is InChI=1S/C30H43N3O5S/c1-5-28(31-14-16-32(17-15-31)29(34)38-30(2,3)4)37-27-19-25(18-24-8-6-7-9-26(24)27)39(35,36)33-20-22-10-11-23(21-33)13-12-22/h6-9,18-19,22-23,28H,5,10-17,20-21H2,1-4H3. The highest BCUT2D eigenvalue weighted by Gasteiger charge is 2.36. The molecule has 214 valence electrons. The van der Waals surface area contributed by atoms with Gasteiger partial charge in [-0.2, -0.15) is 4.31 Å². The number of piperazine rings is 1. The van der Waals surface area contributed by atoms with Gasteiger partial charge in [0.15, 0.2) is 6.23 Å². The van der Waals surface area contributed by atoms with Gasteiger partial charge in [0.2, 0.25) is 10.0 Å². The van der Waals surface area contributed by atoms with Crippen molar-refractivity contribution in [1.29, 1.82) is 0 Å². The maximum absolute atomic E-state index is 13.9. The molecule has 1 atom stereocenters. The summed E-state index contributed by atoms with van der Waals surface area (Å²) in [6.07, 6.45) is 4.71. The number of fused-ring (bicyclic) bond motifs is 5. The minimum absolute atomic E-state index is 0.235. The molecule has 9 heteroatoms. The lowest BCUT2D eigenvalue weighted by molar-refractivity contribution is -0.0224. The topological polar surface area (TPSA) is 79.4 Å². The molecular weight excluding hydrogens is 514 g/mol. The van der Waals surface area contributed by atoms with Gasteiger partial charge in [0.25, 0.3) is 0 Å². The summed E-state index contributed by atoms with van der Waals surface area (Å²) < 4.78 is 41.7. The van der Waals surface area contributed by atoms with Gasteiger partial charge in [-0.15, -0.1) is 0 Å². The van der Waals surface area contributed by atoms with Gasteiger partial charge in [0.05, 0.1) is 4.90 Å². The van der Waals surface area contributed by atoms with Crippen LogP contribution in [0.2, 0.25) is 0 Å². The monoisotopic (exact) mass is 557 g/mol. The lowest BCUT2D eigenvalue weighted by atomic mass is 9.84. The summed E-state index contributed by atoms with van der Waals surface area (Å²) in [6, 6.07) is 11.3. The fourth-order valence-electron chi connectivity index (χ4n) is 6.17. The maximum Gasteiger partial charge on any atom is 0.410 e. The highest BCUT2D eigenvalue weighted by atomic mass is 32.2. The Morgan fingerprint density at radius 2 is 1.59 bits per heavy atom. The molecule has 2 aromatic carbocycles. The lowest BCUT2D eigenvalue weighted by Crippen LogP contribution is -2.54. The smallest absolute Gasteiger partial charge is 0.410 e. The number of ether oxygens (including phenoxy) is 2. The normalized spacial score (nSPS) is 23.9. The van der Waals surface area contributed by atoms with Crippen LogP contribution in [0.15, 0.2) is 41.3 Å². The van der Waals surface area contributed by atoms with Gasteiger partial charge in [-0.25, -0.2) is 13.2 Å². The van der Waals surface area contributed by atoms with Crippen LogP contribution in [0.25, 0.3) is 10.8 Å². The third-order valence-corrected chi connectivity index (χ3v) is 10.1. The van der Waals surface area contributed by atoms with Crippen molar-refractivity contribution in [1.82, 2.24) is 14.1 Å². The second-order valence-corrected chi connectivity index (χ2v) is 14.3. The number of carbonyl (C=O) groups is 1. The molecular formula is C30H43N3O5S. The van der Waals surface area contributed by atoms with E-state index in [1.807, 2.05) is 45.0 Å². The fourth-order valence-corrected chi connectivity index (χ4v) is 7.81. The van der Waals surface area contributed by atoms with Crippen LogP contribution in [-0.4, -0.2) is 79.7 Å². The van der Waals surface area contributed by atoms with Crippen molar-refractivity contribution in [2.24, 2.45) is 11.8 Å². The number of hydrogen-bond acceptors (Lipinski definition) is 6. The van der Waals surface area contributed by atoms with E-state index in [4.69, 9.17) is 9.47 Å². The van der Waals surface area contributed by atoms with Crippen LogP contribution in [0.4, 0.5) is 4.79 Å². The first kappa shape index (κ1) is 28.2. The Morgan fingerprint density at radius 1 is 0.974 bits per heavy atom. The maximum atomic E-state index is 13.9. The van der Waals surface area contributed by atoms with Crippen molar-refractivity contribution < 1.29 is 22.7 Å². The summed E-state index contributed by atoms with van der Waals surface area (Å²) in [5.74, 6) is 1.50. The number of hydrogen-bond donors (Lipinski definition) is 0. The lowest BCUT2D eigenvalue weighted by Gasteiger charge is -2.39. The van der Waals surface area contributed by atoms with E-state index >= 15 is 0 Å². The van der Waals surface area contributed by atoms with E-state index in [1.54, 1.807) is 21.3 Å². The van der Waals surface area contributed by atoms with E-state index in [1.165, 1.54) is 0 Å². The average molecular weight is 558 g/mol. The first-order valence-electron chi connectivity index (χ1n) is 14.4. The molecule has 1 unspecified atom stereocenters. The average Bonchev–Trinajstić information content (AvgIpc) is 3.26. The fraction of sp³-hybridized carbons (Fsp3) is 0.633. The Kier molecular flexibility index (Phi) is 8.13. The van der Waals surface area contributed by atoms with Crippen molar-refractivity contribution in [2.45, 2.75) is 76.5 Å². The number of sulfonamides is 1. The van der Waals surface area contributed by atoms with Gasteiger partial charge in [-0.1, -0.05) is 31.2 Å². The van der Waals surface area contributed by atoms with Crippen molar-refractivity contribution in [2.75, 3.05) is 39.3 Å². The van der Waals surface area contributed by atoms with Crippen molar-refractivity contribution in [3.8, 4) is 5.75 Å². The minimum Gasteiger partial charge on any atom is -0.474 e. The highest BCUT2D eigenvalue weighted by Crippen LogP contribution is 2.38. The molecule has 0 aromatic heterocycles. The van der Waals surface area contributed by atoms with E-state index in [0.29, 0.717) is 61.7 Å². The minimum atomic E-state index is -3.64. The zero-order chi connectivity index (χ0) is 27.8. The summed E-state index contributed by atoms with van der Waals surface area (Å²) in [7, 11) is -3.64. The van der Waals surface area contributed by atoms with Crippen molar-refractivity contribution in [3.05, 3.63) is 36.4 Å². The van der Waals surface area contributed by atoms with E-state index in [0.717, 1.165) is 42.9 Å². The molecule has 2 aromatic rings. The number of benzene rings is 2. The predicted octanol–water partition coefficient (Wildman–Crippen LogP) is 5.32. The van der Waals surface area contributed by atoms with Crippen molar-refractivity contribution in [3.63, 3.8) is 0 Å². The zero-order valence-electron chi connectivity index (χ0n) is 23.8. The molecule has 2 bridgehead atoms. The molecule has 4 fully saturated rings. The van der Waals surface area contributed by atoms with Gasteiger partial charge >= 0.3 is 6.09 Å². The van der Waals surface area contributed by atoms with Crippen LogP contribution in [0.3, 0.4) is 0 Å². The molecule has 39 heavy (non-hydrogen) atoms. The second-order valence-electron chi connectivity index (χ2n) is 12.3. The summed E-state index contributed by atoms with van der Waals surface area (Å²) in [4.78, 5) is 16.8.